The summed E-state index contributed by atoms with van der Waals surface area (Å²) in [4.78, 5) is 27.4. The van der Waals surface area contributed by atoms with E-state index in [2.05, 4.69) is 15.6 Å². The van der Waals surface area contributed by atoms with Gasteiger partial charge in [0.25, 0.3) is 10.9 Å². The van der Waals surface area contributed by atoms with E-state index in [-0.39, 0.29) is 0 Å². The third kappa shape index (κ3) is 2.96. The molecule has 5 nitrogen and oxygen atoms in total. The Hall–Kier alpha value is -2.17. The number of nitrogens with zero attached hydrogens (tertiary/aromatic N) is 1. The van der Waals surface area contributed by atoms with Gasteiger partial charge in [0.15, 0.2) is 0 Å². The lowest BCUT2D eigenvalue weighted by Crippen LogP contribution is -2.40. The van der Waals surface area contributed by atoms with Crippen LogP contribution in [0.4, 0.5) is 11.4 Å². The quantitative estimate of drug-likeness (QED) is 0.823. The maximum atomic E-state index is 11.7. The van der Waals surface area contributed by atoms with Crippen LogP contribution >= 0.6 is 0 Å². The minimum absolute atomic E-state index is 0.323. The van der Waals surface area contributed by atoms with Crippen molar-refractivity contribution in [3.05, 3.63) is 50.5 Å². The van der Waals surface area contributed by atoms with Gasteiger partial charge in [-0.2, -0.15) is 0 Å². The van der Waals surface area contributed by atoms with E-state index in [1.807, 2.05) is 12.1 Å². The molecule has 1 aromatic heterocycles. The fourth-order valence-corrected chi connectivity index (χ4v) is 2.84. The fraction of sp³-hybridized carbons (Fsp3) is 0.438. The van der Waals surface area contributed by atoms with Gasteiger partial charge >= 0.3 is 0 Å². The van der Waals surface area contributed by atoms with Crippen LogP contribution in [0.25, 0.3) is 0 Å². The molecule has 0 unspecified atom stereocenters. The summed E-state index contributed by atoms with van der Waals surface area (Å²) in [6, 6.07) is 4.09. The van der Waals surface area contributed by atoms with Gasteiger partial charge in [0.1, 0.15) is 11.4 Å². The van der Waals surface area contributed by atoms with E-state index in [0.29, 0.717) is 24.0 Å². The van der Waals surface area contributed by atoms with Crippen molar-refractivity contribution in [2.45, 2.75) is 44.7 Å². The number of anilines is 2. The van der Waals surface area contributed by atoms with E-state index in [1.54, 1.807) is 12.4 Å². The molecule has 1 aromatic carbocycles. The molecule has 0 amide bonds. The van der Waals surface area contributed by atoms with Crippen LogP contribution in [0.15, 0.2) is 34.1 Å². The van der Waals surface area contributed by atoms with Crippen molar-refractivity contribution in [2.24, 2.45) is 0 Å². The largest absolute Gasteiger partial charge is 0.377 e. The second kappa shape index (κ2) is 6.08. The molecular formula is C16H19N3O2. The molecule has 1 saturated carbocycles. The average Bonchev–Trinajstić information content (AvgIpc) is 2.55. The predicted molar refractivity (Wildman–Crippen MR) is 83.4 cm³/mol. The summed E-state index contributed by atoms with van der Waals surface area (Å²) >= 11 is 0. The third-order valence-electron chi connectivity index (χ3n) is 4.08. The monoisotopic (exact) mass is 285 g/mol. The molecule has 2 N–H and O–H groups in total. The molecule has 1 fully saturated rings. The lowest BCUT2D eigenvalue weighted by atomic mass is 9.95. The van der Waals surface area contributed by atoms with Crippen molar-refractivity contribution < 1.29 is 0 Å². The first-order valence-corrected chi connectivity index (χ1v) is 7.48. The van der Waals surface area contributed by atoms with Crippen LogP contribution in [-0.4, -0.2) is 11.0 Å². The zero-order chi connectivity index (χ0) is 14.7. The molecule has 1 heterocycles. The van der Waals surface area contributed by atoms with Crippen LogP contribution in [0.3, 0.4) is 0 Å². The SMILES string of the molecule is O=c1c(NCc2ccncc2)c(NC2CCCCC2)c1=O. The summed E-state index contributed by atoms with van der Waals surface area (Å²) in [5, 5.41) is 6.33. The van der Waals surface area contributed by atoms with Gasteiger partial charge in [-0.05, 0) is 30.5 Å². The van der Waals surface area contributed by atoms with Crippen molar-refractivity contribution in [3.63, 3.8) is 0 Å². The maximum absolute atomic E-state index is 11.7. The second-order valence-electron chi connectivity index (χ2n) is 5.60. The molecule has 0 bridgehead atoms. The van der Waals surface area contributed by atoms with Crippen molar-refractivity contribution >= 4 is 11.4 Å². The molecule has 0 atom stereocenters. The Morgan fingerprint density at radius 2 is 1.67 bits per heavy atom. The number of nitrogens with one attached hydrogen (secondary N) is 2. The Kier molecular flexibility index (Phi) is 3.99. The fourth-order valence-electron chi connectivity index (χ4n) is 2.84. The molecule has 0 saturated heterocycles. The van der Waals surface area contributed by atoms with Gasteiger partial charge in [-0.15, -0.1) is 0 Å². The van der Waals surface area contributed by atoms with E-state index < -0.39 is 10.9 Å². The first kappa shape index (κ1) is 13.8. The highest BCUT2D eigenvalue weighted by molar-refractivity contribution is 5.74. The predicted octanol–water partition coefficient (Wildman–Crippen LogP) is 2.03. The zero-order valence-corrected chi connectivity index (χ0v) is 11.9. The topological polar surface area (TPSA) is 71.1 Å². The van der Waals surface area contributed by atoms with E-state index in [1.165, 1.54) is 19.3 Å². The van der Waals surface area contributed by atoms with Crippen LogP contribution in [0.5, 0.6) is 0 Å². The summed E-state index contributed by atoms with van der Waals surface area (Å²) < 4.78 is 0. The maximum Gasteiger partial charge on any atom is 0.253 e. The van der Waals surface area contributed by atoms with Crippen molar-refractivity contribution in [3.8, 4) is 0 Å². The minimum Gasteiger partial charge on any atom is -0.377 e. The van der Waals surface area contributed by atoms with Crippen molar-refractivity contribution in [1.82, 2.24) is 4.98 Å². The van der Waals surface area contributed by atoms with E-state index >= 15 is 0 Å². The van der Waals surface area contributed by atoms with Crippen LogP contribution in [0.1, 0.15) is 37.7 Å². The summed E-state index contributed by atoms with van der Waals surface area (Å²) in [5.41, 5.74) is 1.13. The first-order valence-electron chi connectivity index (χ1n) is 7.48. The van der Waals surface area contributed by atoms with Gasteiger partial charge < -0.3 is 10.6 Å². The number of hydrogen-bond acceptors (Lipinski definition) is 5. The molecule has 1 aliphatic rings. The third-order valence-corrected chi connectivity index (χ3v) is 4.08. The minimum atomic E-state index is -0.414. The highest BCUT2D eigenvalue weighted by Crippen LogP contribution is 2.23. The number of hydrogen-bond donors (Lipinski definition) is 2. The van der Waals surface area contributed by atoms with Crippen molar-refractivity contribution in [1.29, 1.82) is 0 Å². The summed E-state index contributed by atoms with van der Waals surface area (Å²) in [6.07, 6.45) is 9.20. The molecule has 5 heteroatoms. The van der Waals surface area contributed by atoms with Gasteiger partial charge in [0.2, 0.25) is 0 Å². The Morgan fingerprint density at radius 1 is 1.00 bits per heavy atom. The number of pyridine rings is 1. The lowest BCUT2D eigenvalue weighted by Gasteiger charge is -2.25. The molecule has 0 aliphatic heterocycles. The molecule has 110 valence electrons. The standard InChI is InChI=1S/C16H19N3O2/c20-15-13(18-10-11-6-8-17-9-7-11)14(16(15)21)19-12-4-2-1-3-5-12/h6-9,12,18-19H,1-5,10H2. The van der Waals surface area contributed by atoms with Gasteiger partial charge in [0.05, 0.1) is 0 Å². The van der Waals surface area contributed by atoms with Crippen LogP contribution in [0.2, 0.25) is 0 Å². The molecule has 21 heavy (non-hydrogen) atoms. The van der Waals surface area contributed by atoms with Crippen LogP contribution in [0, 0.1) is 0 Å². The summed E-state index contributed by atoms with van der Waals surface area (Å²) in [5.74, 6) is 0. The number of rotatable bonds is 5. The Morgan fingerprint density at radius 3 is 2.38 bits per heavy atom. The molecule has 0 spiro atoms. The van der Waals surface area contributed by atoms with Gasteiger partial charge in [-0.25, -0.2) is 0 Å². The molecular weight excluding hydrogens is 266 g/mol. The van der Waals surface area contributed by atoms with Gasteiger partial charge in [-0.3, -0.25) is 14.6 Å². The van der Waals surface area contributed by atoms with Crippen LogP contribution < -0.4 is 21.5 Å². The molecule has 3 rings (SSSR count). The summed E-state index contributed by atoms with van der Waals surface area (Å²) in [6.45, 7) is 0.521. The Labute approximate surface area is 123 Å². The van der Waals surface area contributed by atoms with E-state index in [0.717, 1.165) is 18.4 Å². The average molecular weight is 285 g/mol. The normalized spacial score (nSPS) is 16.0. The van der Waals surface area contributed by atoms with Gasteiger partial charge in [0, 0.05) is 25.0 Å². The first-order chi connectivity index (χ1) is 10.3. The summed E-state index contributed by atoms with van der Waals surface area (Å²) in [7, 11) is 0. The second-order valence-corrected chi connectivity index (χ2v) is 5.60. The van der Waals surface area contributed by atoms with E-state index in [9.17, 15) is 9.59 Å². The smallest absolute Gasteiger partial charge is 0.253 e. The Balaban J connectivity index is 1.67. The molecule has 1 aliphatic carbocycles. The molecule has 2 aromatic rings. The zero-order valence-electron chi connectivity index (χ0n) is 11.9. The highest BCUT2D eigenvalue weighted by Gasteiger charge is 2.23. The van der Waals surface area contributed by atoms with Crippen molar-refractivity contribution in [2.75, 3.05) is 10.6 Å². The highest BCUT2D eigenvalue weighted by atomic mass is 16.2. The molecule has 0 radical (unpaired) electrons. The van der Waals surface area contributed by atoms with Gasteiger partial charge in [-0.1, -0.05) is 19.3 Å². The Bertz CT molecular complexity index is 668. The number of aromatic nitrogens is 1. The lowest BCUT2D eigenvalue weighted by molar-refractivity contribution is 0.462. The van der Waals surface area contributed by atoms with Crippen LogP contribution in [-0.2, 0) is 6.54 Å². The van der Waals surface area contributed by atoms with E-state index in [4.69, 9.17) is 0 Å².